The number of rotatable bonds is 4. The number of halogens is 1. The average Bonchev–Trinajstić information content (AvgIpc) is 2.41. The van der Waals surface area contributed by atoms with Crippen LogP contribution < -0.4 is 4.74 Å². The second-order valence-corrected chi connectivity index (χ2v) is 4.11. The molecule has 5 nitrogen and oxygen atoms in total. The van der Waals surface area contributed by atoms with Crippen molar-refractivity contribution >= 4 is 12.0 Å². The largest absolute Gasteiger partial charge is 0.454 e. The molecule has 102 valence electrons. The lowest BCUT2D eigenvalue weighted by molar-refractivity contribution is -0.385. The highest BCUT2D eigenvalue weighted by molar-refractivity contribution is 5.77. The van der Waals surface area contributed by atoms with Gasteiger partial charge in [0.05, 0.1) is 11.0 Å². The van der Waals surface area contributed by atoms with Crippen LogP contribution in [-0.4, -0.2) is 11.2 Å². The first kappa shape index (κ1) is 13.7. The van der Waals surface area contributed by atoms with E-state index >= 15 is 0 Å². The van der Waals surface area contributed by atoms with Gasteiger partial charge in [-0.2, -0.15) is 0 Å². The molecule has 0 saturated heterocycles. The van der Waals surface area contributed by atoms with Gasteiger partial charge < -0.3 is 4.74 Å². The zero-order valence-corrected chi connectivity index (χ0v) is 10.5. The zero-order valence-electron chi connectivity index (χ0n) is 10.5. The Labute approximate surface area is 113 Å². The van der Waals surface area contributed by atoms with Crippen LogP contribution in [0.15, 0.2) is 36.4 Å². The van der Waals surface area contributed by atoms with Crippen LogP contribution in [0, 0.1) is 22.9 Å². The Morgan fingerprint density at radius 2 is 2.00 bits per heavy atom. The molecule has 0 saturated carbocycles. The number of non-ortho nitro benzene ring substituents is 1. The number of ether oxygens (including phenoxy) is 1. The smallest absolute Gasteiger partial charge is 0.272 e. The van der Waals surface area contributed by atoms with E-state index in [1.165, 1.54) is 12.1 Å². The van der Waals surface area contributed by atoms with E-state index in [0.29, 0.717) is 23.2 Å². The fourth-order valence-electron chi connectivity index (χ4n) is 1.66. The van der Waals surface area contributed by atoms with Crippen LogP contribution in [0.3, 0.4) is 0 Å². The molecule has 2 rings (SSSR count). The minimum absolute atomic E-state index is 0.117. The fourth-order valence-corrected chi connectivity index (χ4v) is 1.66. The van der Waals surface area contributed by atoms with Crippen molar-refractivity contribution in [3.05, 3.63) is 63.5 Å². The minimum Gasteiger partial charge on any atom is -0.454 e. The van der Waals surface area contributed by atoms with Gasteiger partial charge in [0.25, 0.3) is 5.69 Å². The summed E-state index contributed by atoms with van der Waals surface area (Å²) < 4.78 is 19.0. The standard InChI is InChI=1S/C14H10FNO4/c1-9-6-12(4-2-10(9)8-17)20-14-5-3-11(16(18)19)7-13(14)15/h2-8H,1H3. The lowest BCUT2D eigenvalue weighted by Crippen LogP contribution is -1.93. The van der Waals surface area contributed by atoms with Crippen LogP contribution in [0.2, 0.25) is 0 Å². The summed E-state index contributed by atoms with van der Waals surface area (Å²) >= 11 is 0. The van der Waals surface area contributed by atoms with Crippen molar-refractivity contribution in [1.82, 2.24) is 0 Å². The summed E-state index contributed by atoms with van der Waals surface area (Å²) in [5, 5.41) is 10.5. The molecular formula is C14H10FNO4. The van der Waals surface area contributed by atoms with E-state index < -0.39 is 10.7 Å². The third-order valence-electron chi connectivity index (χ3n) is 2.72. The Morgan fingerprint density at radius 1 is 1.25 bits per heavy atom. The highest BCUT2D eigenvalue weighted by Gasteiger charge is 2.12. The molecule has 0 bridgehead atoms. The second-order valence-electron chi connectivity index (χ2n) is 4.11. The molecule has 0 unspecified atom stereocenters. The monoisotopic (exact) mass is 275 g/mol. The van der Waals surface area contributed by atoms with Gasteiger partial charge >= 0.3 is 0 Å². The molecule has 0 aliphatic rings. The van der Waals surface area contributed by atoms with E-state index in [9.17, 15) is 19.3 Å². The third kappa shape index (κ3) is 2.80. The summed E-state index contributed by atoms with van der Waals surface area (Å²) in [6.45, 7) is 1.72. The van der Waals surface area contributed by atoms with E-state index in [4.69, 9.17) is 4.74 Å². The van der Waals surface area contributed by atoms with Gasteiger partial charge in [0.15, 0.2) is 11.6 Å². The summed E-state index contributed by atoms with van der Waals surface area (Å²) in [7, 11) is 0. The quantitative estimate of drug-likeness (QED) is 0.485. The van der Waals surface area contributed by atoms with Gasteiger partial charge in [0.1, 0.15) is 12.0 Å². The van der Waals surface area contributed by atoms with Crippen LogP contribution in [0.4, 0.5) is 10.1 Å². The maximum atomic E-state index is 13.7. The second kappa shape index (κ2) is 5.48. The summed E-state index contributed by atoms with van der Waals surface area (Å²) in [5.41, 5.74) is 0.865. The van der Waals surface area contributed by atoms with Gasteiger partial charge in [-0.05, 0) is 36.8 Å². The number of nitro groups is 1. The molecule has 0 N–H and O–H groups in total. The Balaban J connectivity index is 2.28. The van der Waals surface area contributed by atoms with Crippen molar-refractivity contribution in [1.29, 1.82) is 0 Å². The number of hydrogen-bond donors (Lipinski definition) is 0. The van der Waals surface area contributed by atoms with Crippen molar-refractivity contribution in [2.45, 2.75) is 6.92 Å². The molecule has 0 spiro atoms. The van der Waals surface area contributed by atoms with Crippen LogP contribution in [0.5, 0.6) is 11.5 Å². The van der Waals surface area contributed by atoms with Gasteiger partial charge in [-0.1, -0.05) is 0 Å². The maximum Gasteiger partial charge on any atom is 0.272 e. The van der Waals surface area contributed by atoms with Gasteiger partial charge in [-0.25, -0.2) is 4.39 Å². The molecule has 0 amide bonds. The predicted molar refractivity (Wildman–Crippen MR) is 69.7 cm³/mol. The lowest BCUT2D eigenvalue weighted by atomic mass is 10.1. The highest BCUT2D eigenvalue weighted by atomic mass is 19.1. The molecule has 0 aromatic heterocycles. The minimum atomic E-state index is -0.823. The molecule has 0 aliphatic heterocycles. The third-order valence-corrected chi connectivity index (χ3v) is 2.72. The Kier molecular flexibility index (Phi) is 3.74. The van der Waals surface area contributed by atoms with Crippen molar-refractivity contribution in [2.75, 3.05) is 0 Å². The van der Waals surface area contributed by atoms with Crippen LogP contribution in [0.25, 0.3) is 0 Å². The van der Waals surface area contributed by atoms with Gasteiger partial charge in [-0.3, -0.25) is 14.9 Å². The first-order chi connectivity index (χ1) is 9.51. The van der Waals surface area contributed by atoms with Gasteiger partial charge in [-0.15, -0.1) is 0 Å². The predicted octanol–water partition coefficient (Wildman–Crippen LogP) is 3.65. The highest BCUT2D eigenvalue weighted by Crippen LogP contribution is 2.28. The summed E-state index contributed by atoms with van der Waals surface area (Å²) in [4.78, 5) is 20.5. The molecule has 6 heteroatoms. The molecule has 2 aromatic carbocycles. The molecule has 0 heterocycles. The fraction of sp³-hybridized carbons (Fsp3) is 0.0714. The first-order valence-electron chi connectivity index (χ1n) is 5.69. The molecule has 2 aromatic rings. The number of hydrogen-bond acceptors (Lipinski definition) is 4. The van der Waals surface area contributed by atoms with Crippen LogP contribution in [0.1, 0.15) is 15.9 Å². The van der Waals surface area contributed by atoms with E-state index in [1.54, 1.807) is 19.1 Å². The van der Waals surface area contributed by atoms with Crippen molar-refractivity contribution in [3.63, 3.8) is 0 Å². The topological polar surface area (TPSA) is 69.4 Å². The van der Waals surface area contributed by atoms with Gasteiger partial charge in [0.2, 0.25) is 0 Å². The number of carbonyl (C=O) groups excluding carboxylic acids is 1. The number of nitro benzene ring substituents is 1. The van der Waals surface area contributed by atoms with Crippen molar-refractivity contribution in [3.8, 4) is 11.5 Å². The van der Waals surface area contributed by atoms with E-state index in [1.807, 2.05) is 0 Å². The zero-order chi connectivity index (χ0) is 14.7. The number of carbonyl (C=O) groups is 1. The number of nitrogens with zero attached hydrogens (tertiary/aromatic N) is 1. The molecule has 20 heavy (non-hydrogen) atoms. The number of aldehydes is 1. The number of benzene rings is 2. The summed E-state index contributed by atoms with van der Waals surface area (Å²) in [6.07, 6.45) is 0.714. The van der Waals surface area contributed by atoms with E-state index in [2.05, 4.69) is 0 Å². The molecule has 0 aliphatic carbocycles. The average molecular weight is 275 g/mol. The lowest BCUT2D eigenvalue weighted by Gasteiger charge is -2.08. The van der Waals surface area contributed by atoms with Crippen LogP contribution in [-0.2, 0) is 0 Å². The van der Waals surface area contributed by atoms with Crippen molar-refractivity contribution < 1.29 is 18.8 Å². The van der Waals surface area contributed by atoms with Crippen molar-refractivity contribution in [2.24, 2.45) is 0 Å². The maximum absolute atomic E-state index is 13.7. The van der Waals surface area contributed by atoms with E-state index in [-0.39, 0.29) is 11.4 Å². The Hall–Kier alpha value is -2.76. The Morgan fingerprint density at radius 3 is 2.55 bits per heavy atom. The molecule has 0 fully saturated rings. The summed E-state index contributed by atoms with van der Waals surface area (Å²) in [5.74, 6) is -0.592. The number of aryl methyl sites for hydroxylation is 1. The molecular weight excluding hydrogens is 265 g/mol. The first-order valence-corrected chi connectivity index (χ1v) is 5.69. The Bertz CT molecular complexity index is 685. The van der Waals surface area contributed by atoms with E-state index in [0.717, 1.165) is 12.1 Å². The molecule has 0 atom stereocenters. The molecule has 0 radical (unpaired) electrons. The normalized spacial score (nSPS) is 10.1. The summed E-state index contributed by atoms with van der Waals surface area (Å²) in [6, 6.07) is 7.81. The SMILES string of the molecule is Cc1cc(Oc2ccc([N+](=O)[O-])cc2F)ccc1C=O. The van der Waals surface area contributed by atoms with Crippen LogP contribution >= 0.6 is 0 Å². The van der Waals surface area contributed by atoms with Gasteiger partial charge in [0, 0.05) is 11.6 Å².